The zero-order valence-electron chi connectivity index (χ0n) is 26.7. The number of hydrogen-bond donors (Lipinski definition) is 0. The first-order valence-electron chi connectivity index (χ1n) is 15.6. The van der Waals surface area contributed by atoms with Gasteiger partial charge in [-0.15, -0.1) is 10.4 Å². The number of benzene rings is 1. The number of ether oxygens (including phenoxy) is 1. The monoisotopic (exact) mass is 726 g/mol. The Hall–Kier alpha value is -4.20. The van der Waals surface area contributed by atoms with E-state index in [1.807, 2.05) is 42.1 Å². The lowest BCUT2D eigenvalue weighted by atomic mass is 10.0. The number of allylic oxidation sites excluding steroid dienone is 7. The molecular weight excluding hydrogens is 685 g/mol. The maximum absolute atomic E-state index is 6.27. The lowest BCUT2D eigenvalue weighted by Gasteiger charge is -2.32. The van der Waals surface area contributed by atoms with Crippen LogP contribution in [0.5, 0.6) is 0 Å². The van der Waals surface area contributed by atoms with Gasteiger partial charge in [0, 0.05) is 53.7 Å². The Morgan fingerprint density at radius 1 is 1.20 bits per heavy atom. The normalized spacial score (nSPS) is 22.8. The lowest BCUT2D eigenvalue weighted by Crippen LogP contribution is -2.36. The molecule has 1 aliphatic carbocycles. The number of halogens is 1. The number of anilines is 1. The molecule has 1 aromatic heterocycles. The summed E-state index contributed by atoms with van der Waals surface area (Å²) in [7, 11) is 0. The highest BCUT2D eigenvalue weighted by Gasteiger charge is 2.22. The molecule has 1 aromatic carbocycles. The third-order valence-electron chi connectivity index (χ3n) is 8.50. The molecule has 1 atom stereocenters. The van der Waals surface area contributed by atoms with Crippen molar-refractivity contribution in [3.8, 4) is 11.3 Å². The van der Waals surface area contributed by atoms with Crippen molar-refractivity contribution in [2.75, 3.05) is 24.6 Å². The Kier molecular flexibility index (Phi) is 11.1. The van der Waals surface area contributed by atoms with Gasteiger partial charge in [0.25, 0.3) is 6.72 Å². The van der Waals surface area contributed by atoms with Crippen LogP contribution in [0.4, 0.5) is 5.69 Å². The van der Waals surface area contributed by atoms with E-state index in [4.69, 9.17) is 17.9 Å². The van der Waals surface area contributed by atoms with E-state index < -0.39 is 0 Å². The van der Waals surface area contributed by atoms with Gasteiger partial charge in [-0.2, -0.15) is 5.10 Å². The number of hydrogen-bond acceptors (Lipinski definition) is 5. The predicted octanol–water partition coefficient (Wildman–Crippen LogP) is 6.28. The summed E-state index contributed by atoms with van der Waals surface area (Å²) in [6, 6.07) is 8.76. The maximum Gasteiger partial charge on any atom is 0.304 e. The van der Waals surface area contributed by atoms with Gasteiger partial charge in [-0.1, -0.05) is 37.9 Å². The van der Waals surface area contributed by atoms with Crippen LogP contribution in [0.2, 0.25) is 0 Å². The number of fused-ring (bicyclic) bond motifs is 1. The van der Waals surface area contributed by atoms with Crippen molar-refractivity contribution in [1.82, 2.24) is 14.4 Å². The third kappa shape index (κ3) is 7.43. The summed E-state index contributed by atoms with van der Waals surface area (Å²) in [5, 5.41) is 7.34. The maximum atomic E-state index is 6.27. The second-order valence-electron chi connectivity index (χ2n) is 11.6. The molecule has 2 aromatic rings. The Balaban J connectivity index is 1.61. The van der Waals surface area contributed by atoms with E-state index in [2.05, 4.69) is 89.8 Å². The van der Waals surface area contributed by atoms with E-state index in [1.165, 1.54) is 5.69 Å². The average molecular weight is 727 g/mol. The number of nitrogens with zero attached hydrogens (tertiary/aromatic N) is 5. The molecule has 2 bridgehead atoms. The molecule has 2 aliphatic heterocycles. The van der Waals surface area contributed by atoms with Crippen molar-refractivity contribution < 1.29 is 7.80 Å². The van der Waals surface area contributed by atoms with E-state index in [0.717, 1.165) is 76.6 Å². The minimum Gasteiger partial charge on any atom is -0.497 e. The Morgan fingerprint density at radius 3 is 2.72 bits per heavy atom. The molecule has 0 unspecified atom stereocenters. The molecule has 236 valence electrons. The molecule has 3 heterocycles. The molecule has 0 amide bonds. The van der Waals surface area contributed by atoms with Crippen LogP contribution in [-0.4, -0.2) is 54.2 Å². The van der Waals surface area contributed by atoms with Gasteiger partial charge in [0.15, 0.2) is 0 Å². The molecule has 0 spiro atoms. The van der Waals surface area contributed by atoms with Crippen LogP contribution in [0, 0.1) is 0 Å². The molecule has 8 heteroatoms. The largest absolute Gasteiger partial charge is 0.497 e. The molecule has 3 aliphatic rings. The van der Waals surface area contributed by atoms with Crippen LogP contribution >= 0.6 is 23.0 Å². The quantitative estimate of drug-likeness (QED) is 0.152. The summed E-state index contributed by atoms with van der Waals surface area (Å²) in [6.07, 6.45) is 16.8. The molecule has 1 fully saturated rings. The van der Waals surface area contributed by atoms with Crippen LogP contribution in [0.1, 0.15) is 45.6 Å². The van der Waals surface area contributed by atoms with Gasteiger partial charge in [0.1, 0.15) is 40.0 Å². The van der Waals surface area contributed by atoms with E-state index in [-0.39, 0.29) is 6.04 Å². The van der Waals surface area contributed by atoms with Crippen molar-refractivity contribution in [3.63, 3.8) is 0 Å². The molecule has 0 N–H and O–H groups in total. The fourth-order valence-electron chi connectivity index (χ4n) is 5.94. The summed E-state index contributed by atoms with van der Waals surface area (Å²) in [4.78, 5) is 7.37. The molecular formula is C38H41IN5O2+. The van der Waals surface area contributed by atoms with Crippen LogP contribution in [-0.2, 0) is 7.80 Å². The minimum atomic E-state index is 0.0434. The van der Waals surface area contributed by atoms with Crippen LogP contribution in [0.15, 0.2) is 107 Å². The van der Waals surface area contributed by atoms with Crippen molar-refractivity contribution in [1.29, 1.82) is 0 Å². The lowest BCUT2D eigenvalue weighted by molar-refractivity contribution is 0.191. The zero-order chi connectivity index (χ0) is 32.6. The average Bonchev–Trinajstić information content (AvgIpc) is 3.28. The van der Waals surface area contributed by atoms with Crippen molar-refractivity contribution in [3.05, 3.63) is 113 Å². The van der Waals surface area contributed by atoms with Crippen molar-refractivity contribution in [2.45, 2.75) is 51.7 Å². The van der Waals surface area contributed by atoms with Gasteiger partial charge in [-0.05, 0) is 74.8 Å². The fourth-order valence-corrected chi connectivity index (χ4v) is 6.44. The highest BCUT2D eigenvalue weighted by Crippen LogP contribution is 2.27. The van der Waals surface area contributed by atoms with Gasteiger partial charge >= 0.3 is 6.21 Å². The number of aliphatic imine (C=N–C) groups is 1. The van der Waals surface area contributed by atoms with E-state index in [0.29, 0.717) is 30.6 Å². The van der Waals surface area contributed by atoms with Gasteiger partial charge in [0.05, 0.1) is 29.8 Å². The molecule has 1 saturated heterocycles. The first kappa shape index (κ1) is 33.2. The predicted molar refractivity (Wildman–Crippen MR) is 201 cm³/mol. The second-order valence-corrected chi connectivity index (χ2v) is 12.1. The number of aromatic nitrogens is 2. The third-order valence-corrected chi connectivity index (χ3v) is 9.22. The minimum absolute atomic E-state index is 0.0434. The standard InChI is InChI=1S/C38H41IN5O2/c1-7-11-31-22-26(3)29-12-10-15-34-37(24-29)44(27(4)18-21-45-28(5)35(25-40-6)36(8-2)41-31)42-38(34)30-13-9-14-32(23-30)43-19-16-33(46-39)17-20-43/h7-11,13-15,23-25,27,33H,1-3,6,16-22H2,4-5H3/q+1/b31-11-,35-28+,41-36+/t27-/m0/s1. The number of piperidine rings is 1. The topological polar surface area (TPSA) is 66.0 Å². The summed E-state index contributed by atoms with van der Waals surface area (Å²) in [6.45, 7) is 22.6. The molecule has 0 radical (unpaired) electrons. The highest BCUT2D eigenvalue weighted by molar-refractivity contribution is 14.1. The second kappa shape index (κ2) is 15.4. The number of rotatable bonds is 6. The van der Waals surface area contributed by atoms with Crippen LogP contribution in [0.25, 0.3) is 23.4 Å². The Morgan fingerprint density at radius 2 is 2.00 bits per heavy atom. The summed E-state index contributed by atoms with van der Waals surface area (Å²) in [5.41, 5.74) is 10.6. The SMILES string of the molecule is C=C/C=C1CC(=C)C2=C=CC=c3c(-c4cccc(N5CCC(OI)CC5)c4)nn(c3=C2)[C@@H](C)CCO/C(C)=C(C=[N+]=C)/C(C=C)=N/1. The summed E-state index contributed by atoms with van der Waals surface area (Å²) in [5.74, 6) is 0.697. The zero-order valence-corrected chi connectivity index (χ0v) is 28.9. The molecule has 7 nitrogen and oxygen atoms in total. The Bertz CT molecular complexity index is 1870. The van der Waals surface area contributed by atoms with Crippen molar-refractivity contribution >= 4 is 59.5 Å². The summed E-state index contributed by atoms with van der Waals surface area (Å²) < 4.78 is 18.0. The molecule has 0 saturated carbocycles. The van der Waals surface area contributed by atoms with Crippen LogP contribution in [0.3, 0.4) is 0 Å². The smallest absolute Gasteiger partial charge is 0.304 e. The van der Waals surface area contributed by atoms with E-state index in [9.17, 15) is 0 Å². The summed E-state index contributed by atoms with van der Waals surface area (Å²) >= 11 is 2.02. The van der Waals surface area contributed by atoms with Gasteiger partial charge in [-0.25, -0.2) is 0 Å². The Labute approximate surface area is 285 Å². The molecule has 46 heavy (non-hydrogen) atoms. The first-order valence-corrected chi connectivity index (χ1v) is 16.5. The van der Waals surface area contributed by atoms with Gasteiger partial charge in [0.2, 0.25) is 0 Å². The van der Waals surface area contributed by atoms with Gasteiger partial charge < -0.3 is 12.7 Å². The van der Waals surface area contributed by atoms with E-state index >= 15 is 0 Å². The van der Waals surface area contributed by atoms with Crippen LogP contribution < -0.4 is 20.1 Å². The first-order chi connectivity index (χ1) is 22.4. The molecule has 5 rings (SSSR count). The highest BCUT2D eigenvalue weighted by atomic mass is 127. The fraction of sp³-hybridized carbons (Fsp3) is 0.289. The van der Waals surface area contributed by atoms with Crippen molar-refractivity contribution in [2.24, 2.45) is 4.99 Å². The van der Waals surface area contributed by atoms with Gasteiger partial charge in [-0.3, -0.25) is 9.67 Å². The van der Waals surface area contributed by atoms with E-state index in [1.54, 1.807) is 18.4 Å².